The van der Waals surface area contributed by atoms with Gasteiger partial charge in [-0.15, -0.1) is 0 Å². The van der Waals surface area contributed by atoms with Crippen molar-refractivity contribution in [3.63, 3.8) is 0 Å². The summed E-state index contributed by atoms with van der Waals surface area (Å²) in [6.45, 7) is 2.81. The first-order valence-corrected chi connectivity index (χ1v) is 10.1. The molecule has 3 aromatic rings. The van der Waals surface area contributed by atoms with Crippen molar-refractivity contribution in [2.75, 3.05) is 16.8 Å². The van der Waals surface area contributed by atoms with E-state index in [9.17, 15) is 0 Å². The number of benzene rings is 1. The average Bonchev–Trinajstić information content (AvgIpc) is 3.22. The molecule has 2 N–H and O–H groups in total. The molecule has 5 rings (SSSR count). The molecule has 0 radical (unpaired) electrons. The predicted octanol–water partition coefficient (Wildman–Crippen LogP) is 4.52. The van der Waals surface area contributed by atoms with E-state index in [0.717, 1.165) is 30.2 Å². The molecule has 2 fully saturated rings. The molecule has 0 spiro atoms. The van der Waals surface area contributed by atoms with E-state index < -0.39 is 0 Å². The van der Waals surface area contributed by atoms with Crippen LogP contribution in [0.1, 0.15) is 54.7 Å². The summed E-state index contributed by atoms with van der Waals surface area (Å²) < 4.78 is 0. The van der Waals surface area contributed by atoms with Crippen molar-refractivity contribution in [2.45, 2.75) is 44.6 Å². The molecule has 0 bridgehead atoms. The molecule has 2 aliphatic rings. The highest BCUT2D eigenvalue weighted by Gasteiger charge is 2.29. The summed E-state index contributed by atoms with van der Waals surface area (Å²) in [6.07, 6.45) is 4.64. The summed E-state index contributed by atoms with van der Waals surface area (Å²) in [5.41, 5.74) is 2.41. The molecule has 1 unspecified atom stereocenters. The maximum atomic E-state index is 6.05. The summed E-state index contributed by atoms with van der Waals surface area (Å²) in [5, 5.41) is 11.4. The zero-order valence-corrected chi connectivity index (χ0v) is 16.4. The lowest BCUT2D eigenvalue weighted by molar-refractivity contribution is 0.697. The second-order valence-electron chi connectivity index (χ2n) is 7.52. The molecule has 7 nitrogen and oxygen atoms in total. The first-order valence-electron chi connectivity index (χ1n) is 9.73. The summed E-state index contributed by atoms with van der Waals surface area (Å²) in [6, 6.07) is 10.3. The van der Waals surface area contributed by atoms with Crippen LogP contribution in [0.2, 0.25) is 5.02 Å². The number of nitrogens with zero attached hydrogens (tertiary/aromatic N) is 5. The molecule has 1 saturated heterocycles. The van der Waals surface area contributed by atoms with Crippen LogP contribution in [0.15, 0.2) is 30.3 Å². The fourth-order valence-corrected chi connectivity index (χ4v) is 3.93. The summed E-state index contributed by atoms with van der Waals surface area (Å²) in [7, 11) is 0. The molecule has 2 aromatic heterocycles. The minimum absolute atomic E-state index is 0.249. The van der Waals surface area contributed by atoms with E-state index in [0.29, 0.717) is 23.6 Å². The number of hydrogen-bond acceptors (Lipinski definition) is 6. The second kappa shape index (κ2) is 7.05. The smallest absolute Gasteiger partial charge is 0.233 e. The number of aryl methyl sites for hydroxylation is 1. The Morgan fingerprint density at radius 1 is 1.11 bits per heavy atom. The van der Waals surface area contributed by atoms with Crippen LogP contribution in [0.3, 0.4) is 0 Å². The molecular formula is C20H22ClN7. The minimum atomic E-state index is 0.249. The lowest BCUT2D eigenvalue weighted by Crippen LogP contribution is -2.25. The fraction of sp³-hybridized carbons (Fsp3) is 0.400. The van der Waals surface area contributed by atoms with Gasteiger partial charge in [0.25, 0.3) is 0 Å². The Hall–Kier alpha value is -2.67. The van der Waals surface area contributed by atoms with E-state index in [1.54, 1.807) is 0 Å². The maximum Gasteiger partial charge on any atom is 0.233 e. The standard InChI is InChI=1S/C20H22ClN7/c1-12-22-19(24-18-11-16(26-27-18)13-4-5-13)25-20(23-12)28-10-2-3-17(28)14-6-8-15(21)9-7-14/h6-9,11,13,17H,2-5,10H2,1H3,(H2,22,23,24,25,26,27). The van der Waals surface area contributed by atoms with E-state index in [1.807, 2.05) is 25.1 Å². The van der Waals surface area contributed by atoms with Crippen molar-refractivity contribution >= 4 is 29.3 Å². The van der Waals surface area contributed by atoms with Crippen LogP contribution < -0.4 is 10.2 Å². The molecule has 1 aliphatic heterocycles. The van der Waals surface area contributed by atoms with Gasteiger partial charge in [-0.3, -0.25) is 5.10 Å². The average molecular weight is 396 g/mol. The first-order chi connectivity index (χ1) is 13.7. The highest BCUT2D eigenvalue weighted by molar-refractivity contribution is 6.30. The van der Waals surface area contributed by atoms with E-state index in [1.165, 1.54) is 24.1 Å². The van der Waals surface area contributed by atoms with Crippen LogP contribution in [0, 0.1) is 6.92 Å². The van der Waals surface area contributed by atoms with Crippen molar-refractivity contribution in [3.8, 4) is 0 Å². The lowest BCUT2D eigenvalue weighted by Gasteiger charge is -2.25. The van der Waals surface area contributed by atoms with E-state index >= 15 is 0 Å². The Labute approximate surface area is 168 Å². The topological polar surface area (TPSA) is 82.6 Å². The first kappa shape index (κ1) is 17.4. The molecule has 0 amide bonds. The Balaban J connectivity index is 1.40. The Bertz CT molecular complexity index is 980. The van der Waals surface area contributed by atoms with Crippen molar-refractivity contribution in [1.29, 1.82) is 0 Å². The van der Waals surface area contributed by atoms with Gasteiger partial charge in [0.2, 0.25) is 11.9 Å². The minimum Gasteiger partial charge on any atom is -0.334 e. The van der Waals surface area contributed by atoms with Gasteiger partial charge >= 0.3 is 0 Å². The van der Waals surface area contributed by atoms with E-state index in [-0.39, 0.29) is 6.04 Å². The largest absolute Gasteiger partial charge is 0.334 e. The number of aromatic nitrogens is 5. The molecule has 8 heteroatoms. The van der Waals surface area contributed by atoms with E-state index in [2.05, 4.69) is 47.5 Å². The molecule has 1 atom stereocenters. The molecule has 3 heterocycles. The van der Waals surface area contributed by atoms with Crippen LogP contribution in [0.4, 0.5) is 17.7 Å². The number of H-pyrrole nitrogens is 1. The monoisotopic (exact) mass is 395 g/mol. The number of halogens is 1. The number of aromatic amines is 1. The number of nitrogens with one attached hydrogen (secondary N) is 2. The summed E-state index contributed by atoms with van der Waals surface area (Å²) >= 11 is 6.05. The second-order valence-corrected chi connectivity index (χ2v) is 7.95. The van der Waals surface area contributed by atoms with Gasteiger partial charge in [0, 0.05) is 29.2 Å². The van der Waals surface area contributed by atoms with E-state index in [4.69, 9.17) is 11.6 Å². The van der Waals surface area contributed by atoms with Crippen molar-refractivity contribution in [1.82, 2.24) is 25.1 Å². The fourth-order valence-electron chi connectivity index (χ4n) is 3.81. The van der Waals surface area contributed by atoms with Gasteiger partial charge in [0.1, 0.15) is 5.82 Å². The van der Waals surface area contributed by atoms with Crippen LogP contribution in [0.5, 0.6) is 0 Å². The number of anilines is 3. The zero-order chi connectivity index (χ0) is 19.1. The highest BCUT2D eigenvalue weighted by Crippen LogP contribution is 2.40. The van der Waals surface area contributed by atoms with Gasteiger partial charge in [0.15, 0.2) is 5.82 Å². The lowest BCUT2D eigenvalue weighted by atomic mass is 10.1. The summed E-state index contributed by atoms with van der Waals surface area (Å²) in [5.74, 6) is 3.29. The molecule has 144 valence electrons. The van der Waals surface area contributed by atoms with Gasteiger partial charge in [0.05, 0.1) is 6.04 Å². The molecule has 28 heavy (non-hydrogen) atoms. The predicted molar refractivity (Wildman–Crippen MR) is 109 cm³/mol. The number of rotatable bonds is 5. The van der Waals surface area contributed by atoms with Gasteiger partial charge in [-0.1, -0.05) is 23.7 Å². The Kier molecular flexibility index (Phi) is 4.39. The maximum absolute atomic E-state index is 6.05. The third-order valence-corrected chi connectivity index (χ3v) is 5.61. The van der Waals surface area contributed by atoms with Gasteiger partial charge in [-0.25, -0.2) is 0 Å². The normalized spacial score (nSPS) is 19.2. The zero-order valence-electron chi connectivity index (χ0n) is 15.7. The van der Waals surface area contributed by atoms with Gasteiger partial charge < -0.3 is 10.2 Å². The SMILES string of the molecule is Cc1nc(Nc2cc(C3CC3)[nH]n2)nc(N2CCCC2c2ccc(Cl)cc2)n1. The highest BCUT2D eigenvalue weighted by atomic mass is 35.5. The molecule has 1 aliphatic carbocycles. The third kappa shape index (κ3) is 3.54. The van der Waals surface area contributed by atoms with Crippen LogP contribution in [-0.2, 0) is 0 Å². The summed E-state index contributed by atoms with van der Waals surface area (Å²) in [4.78, 5) is 16.0. The molecule has 1 aromatic carbocycles. The van der Waals surface area contributed by atoms with Crippen LogP contribution in [-0.4, -0.2) is 31.7 Å². The molecular weight excluding hydrogens is 374 g/mol. The Morgan fingerprint density at radius 2 is 1.93 bits per heavy atom. The quantitative estimate of drug-likeness (QED) is 0.660. The van der Waals surface area contributed by atoms with Crippen molar-refractivity contribution in [2.24, 2.45) is 0 Å². The van der Waals surface area contributed by atoms with Gasteiger partial charge in [-0.05, 0) is 50.3 Å². The molecule has 1 saturated carbocycles. The third-order valence-electron chi connectivity index (χ3n) is 5.35. The van der Waals surface area contributed by atoms with Crippen molar-refractivity contribution in [3.05, 3.63) is 52.4 Å². The van der Waals surface area contributed by atoms with Gasteiger partial charge in [-0.2, -0.15) is 20.1 Å². The number of hydrogen-bond donors (Lipinski definition) is 2. The van der Waals surface area contributed by atoms with Crippen LogP contribution >= 0.6 is 11.6 Å². The van der Waals surface area contributed by atoms with Crippen molar-refractivity contribution < 1.29 is 0 Å². The van der Waals surface area contributed by atoms with Crippen LogP contribution in [0.25, 0.3) is 0 Å². The Morgan fingerprint density at radius 3 is 2.71 bits per heavy atom.